The van der Waals surface area contributed by atoms with Crippen molar-refractivity contribution < 1.29 is 23.4 Å². The van der Waals surface area contributed by atoms with Crippen LogP contribution in [0.4, 0.5) is 0 Å². The first-order chi connectivity index (χ1) is 10.6. The first-order valence-electron chi connectivity index (χ1n) is 6.70. The van der Waals surface area contributed by atoms with E-state index < -0.39 is 28.6 Å². The molecule has 0 bridgehead atoms. The summed E-state index contributed by atoms with van der Waals surface area (Å²) in [6.45, 7) is 0.0787. The monoisotopic (exact) mass is 318 g/mol. The molecule has 0 spiro atoms. The first-order valence-corrected chi connectivity index (χ1v) is 7.69. The SMILES string of the molecule is CN1CC(=O)OB(c2ccc(C/C=N/[SiH]=O)cc2)OC(=O)C1. The average Bonchev–Trinajstić information content (AvgIpc) is 2.46. The van der Waals surface area contributed by atoms with Gasteiger partial charge in [0, 0.05) is 18.1 Å². The molecular weight excluding hydrogens is 303 g/mol. The van der Waals surface area contributed by atoms with E-state index in [2.05, 4.69) is 4.66 Å². The molecule has 1 aliphatic rings. The molecule has 1 saturated heterocycles. The fraction of sp³-hybridized carbons (Fsp3) is 0.308. The minimum Gasteiger partial charge on any atom is -0.494 e. The Morgan fingerprint density at radius 2 is 1.82 bits per heavy atom. The Morgan fingerprint density at radius 1 is 1.23 bits per heavy atom. The topological polar surface area (TPSA) is 85.3 Å². The molecule has 2 rings (SSSR count). The number of likely N-dealkylation sites (N-methyl/N-ethyl adjacent to an activating group) is 1. The fourth-order valence-corrected chi connectivity index (χ4v) is 2.17. The molecule has 0 radical (unpaired) electrons. The lowest BCUT2D eigenvalue weighted by Gasteiger charge is -2.22. The molecular formula is C13H15BN2O5Si. The van der Waals surface area contributed by atoms with Gasteiger partial charge in [0.1, 0.15) is 0 Å². The van der Waals surface area contributed by atoms with Crippen LogP contribution in [0.15, 0.2) is 28.9 Å². The van der Waals surface area contributed by atoms with Crippen molar-refractivity contribution in [1.29, 1.82) is 0 Å². The predicted molar refractivity (Wildman–Crippen MR) is 81.5 cm³/mol. The van der Waals surface area contributed by atoms with Gasteiger partial charge in [0.2, 0.25) is 0 Å². The van der Waals surface area contributed by atoms with Gasteiger partial charge in [-0.15, -0.1) is 0 Å². The molecule has 9 heteroatoms. The second-order valence-electron chi connectivity index (χ2n) is 4.87. The van der Waals surface area contributed by atoms with Crippen molar-refractivity contribution >= 4 is 40.3 Å². The number of hydrogen-bond acceptors (Lipinski definition) is 6. The summed E-state index contributed by atoms with van der Waals surface area (Å²) in [5, 5.41) is 0. The third-order valence-electron chi connectivity index (χ3n) is 3.02. The first kappa shape index (κ1) is 16.2. The third kappa shape index (κ3) is 4.71. The second-order valence-corrected chi connectivity index (χ2v) is 5.38. The highest BCUT2D eigenvalue weighted by Crippen LogP contribution is 2.03. The number of carbonyl (C=O) groups is 2. The molecule has 0 atom stereocenters. The van der Waals surface area contributed by atoms with E-state index in [0.717, 1.165) is 5.56 Å². The molecule has 0 unspecified atom stereocenters. The van der Waals surface area contributed by atoms with Crippen LogP contribution in [0, 0.1) is 0 Å². The van der Waals surface area contributed by atoms with Gasteiger partial charge in [-0.3, -0.25) is 19.1 Å². The maximum absolute atomic E-state index is 11.7. The second kappa shape index (κ2) is 7.76. The molecule has 1 fully saturated rings. The molecule has 0 aromatic heterocycles. The van der Waals surface area contributed by atoms with Gasteiger partial charge >= 0.3 is 28.6 Å². The van der Waals surface area contributed by atoms with Crippen molar-refractivity contribution in [1.82, 2.24) is 4.90 Å². The Hall–Kier alpha value is -2.13. The van der Waals surface area contributed by atoms with Gasteiger partial charge in [0.25, 0.3) is 0 Å². The Labute approximate surface area is 130 Å². The van der Waals surface area contributed by atoms with Gasteiger partial charge in [0.05, 0.1) is 13.1 Å². The van der Waals surface area contributed by atoms with Crippen molar-refractivity contribution in [3.63, 3.8) is 0 Å². The zero-order valence-corrected chi connectivity index (χ0v) is 13.3. The van der Waals surface area contributed by atoms with Crippen LogP contribution < -0.4 is 5.46 Å². The predicted octanol–water partition coefficient (Wildman–Crippen LogP) is -1.28. The number of carbonyl (C=O) groups excluding carboxylic acids is 2. The lowest BCUT2D eigenvalue weighted by Crippen LogP contribution is -2.47. The minimum atomic E-state index is -1.12. The highest BCUT2D eigenvalue weighted by Gasteiger charge is 2.33. The van der Waals surface area contributed by atoms with Crippen molar-refractivity contribution in [2.75, 3.05) is 20.1 Å². The molecule has 1 heterocycles. The standard InChI is InChI=1S/C13H15BN2O5Si/c1-16-8-12(17)20-14(21-13(18)9-16)11-4-2-10(3-5-11)6-7-15-22-19/h2-5,7,22H,6,8-9H2,1H3/b15-7+. The summed E-state index contributed by atoms with van der Waals surface area (Å²) in [5.74, 6) is -0.899. The van der Waals surface area contributed by atoms with Crippen molar-refractivity contribution in [3.8, 4) is 0 Å². The molecule has 0 amide bonds. The summed E-state index contributed by atoms with van der Waals surface area (Å²) in [6.07, 6.45) is 2.15. The molecule has 0 saturated carbocycles. The molecule has 0 N–H and O–H groups in total. The molecule has 1 aromatic rings. The van der Waals surface area contributed by atoms with Crippen LogP contribution in [0.1, 0.15) is 5.56 Å². The molecule has 0 aliphatic carbocycles. The quantitative estimate of drug-likeness (QED) is 0.508. The van der Waals surface area contributed by atoms with E-state index in [0.29, 0.717) is 11.9 Å². The van der Waals surface area contributed by atoms with Crippen molar-refractivity contribution in [3.05, 3.63) is 29.8 Å². The van der Waals surface area contributed by atoms with E-state index in [1.54, 1.807) is 25.4 Å². The van der Waals surface area contributed by atoms with E-state index in [4.69, 9.17) is 9.31 Å². The van der Waals surface area contributed by atoms with E-state index >= 15 is 0 Å². The van der Waals surface area contributed by atoms with E-state index in [1.165, 1.54) is 4.90 Å². The van der Waals surface area contributed by atoms with Gasteiger partial charge in [0.15, 0.2) is 0 Å². The lowest BCUT2D eigenvalue weighted by molar-refractivity contribution is -0.145. The van der Waals surface area contributed by atoms with Gasteiger partial charge < -0.3 is 13.8 Å². The number of rotatable bonds is 4. The van der Waals surface area contributed by atoms with Crippen LogP contribution in [0.3, 0.4) is 0 Å². The van der Waals surface area contributed by atoms with Gasteiger partial charge in [-0.05, 0) is 12.6 Å². The number of nitrogens with zero attached hydrogens (tertiary/aromatic N) is 2. The van der Waals surface area contributed by atoms with E-state index in [-0.39, 0.29) is 13.1 Å². The molecule has 114 valence electrons. The summed E-state index contributed by atoms with van der Waals surface area (Å²) in [7, 11) is -0.507. The molecule has 1 aliphatic heterocycles. The largest absolute Gasteiger partial charge is 0.636 e. The normalized spacial score (nSPS) is 16.9. The fourth-order valence-electron chi connectivity index (χ4n) is 1.98. The van der Waals surface area contributed by atoms with Crippen LogP contribution in [-0.4, -0.2) is 59.9 Å². The van der Waals surface area contributed by atoms with Crippen LogP contribution in [0.2, 0.25) is 0 Å². The maximum atomic E-state index is 11.7. The van der Waals surface area contributed by atoms with Crippen LogP contribution in [0.25, 0.3) is 0 Å². The van der Waals surface area contributed by atoms with Crippen LogP contribution in [-0.2, 0) is 29.8 Å². The summed E-state index contributed by atoms with van der Waals surface area (Å²) >= 11 is 0. The molecule has 1 aromatic carbocycles. The molecule has 7 nitrogen and oxygen atoms in total. The number of benzene rings is 1. The summed E-state index contributed by atoms with van der Waals surface area (Å²) < 4.78 is 24.3. The Balaban J connectivity index is 2.08. The van der Waals surface area contributed by atoms with E-state index in [9.17, 15) is 14.1 Å². The Kier molecular flexibility index (Phi) is 5.73. The Morgan fingerprint density at radius 3 is 2.36 bits per heavy atom. The van der Waals surface area contributed by atoms with Crippen molar-refractivity contribution in [2.24, 2.45) is 4.66 Å². The van der Waals surface area contributed by atoms with Crippen LogP contribution in [0.5, 0.6) is 0 Å². The lowest BCUT2D eigenvalue weighted by atomic mass is 9.78. The highest BCUT2D eigenvalue weighted by atomic mass is 28.2. The highest BCUT2D eigenvalue weighted by molar-refractivity contribution is 6.64. The minimum absolute atomic E-state index is 0.0394. The smallest absolute Gasteiger partial charge is 0.494 e. The maximum Gasteiger partial charge on any atom is 0.636 e. The zero-order chi connectivity index (χ0) is 15.9. The van der Waals surface area contributed by atoms with Crippen LogP contribution >= 0.6 is 0 Å². The van der Waals surface area contributed by atoms with Gasteiger partial charge in [-0.2, -0.15) is 0 Å². The third-order valence-corrected chi connectivity index (χ3v) is 3.35. The van der Waals surface area contributed by atoms with Gasteiger partial charge in [-0.25, -0.2) is 0 Å². The average molecular weight is 318 g/mol. The van der Waals surface area contributed by atoms with Gasteiger partial charge in [-0.1, -0.05) is 24.3 Å². The van der Waals surface area contributed by atoms with E-state index in [1.807, 2.05) is 12.1 Å². The summed E-state index contributed by atoms with van der Waals surface area (Å²) in [4.78, 5) is 24.9. The zero-order valence-electron chi connectivity index (χ0n) is 12.1. The summed E-state index contributed by atoms with van der Waals surface area (Å²) in [6, 6.07) is 7.08. The number of hydrogen-bond donors (Lipinski definition) is 0. The summed E-state index contributed by atoms with van der Waals surface area (Å²) in [5.41, 5.74) is 1.55. The molecule has 22 heavy (non-hydrogen) atoms. The Bertz CT molecular complexity index is 573. The van der Waals surface area contributed by atoms with Crippen molar-refractivity contribution in [2.45, 2.75) is 6.42 Å².